The fraction of sp³-hybridized carbons (Fsp3) is 0.500. The molecule has 0 aliphatic rings. The first-order valence-corrected chi connectivity index (χ1v) is 6.31. The molecule has 0 aliphatic carbocycles. The van der Waals surface area contributed by atoms with Crippen molar-refractivity contribution in [3.05, 3.63) is 38.3 Å². The summed E-state index contributed by atoms with van der Waals surface area (Å²) in [6.07, 6.45) is -0.779. The summed E-state index contributed by atoms with van der Waals surface area (Å²) in [6, 6.07) is 3.99. The zero-order valence-electron chi connectivity index (χ0n) is 10.6. The van der Waals surface area contributed by atoms with Crippen LogP contribution in [0.3, 0.4) is 0 Å². The summed E-state index contributed by atoms with van der Waals surface area (Å²) in [7, 11) is 0. The lowest BCUT2D eigenvalue weighted by atomic mass is 9.82. The molecule has 1 aromatic rings. The highest BCUT2D eigenvalue weighted by Crippen LogP contribution is 2.32. The molecular weight excluding hydrogens is 300 g/mol. The molecule has 5 nitrogen and oxygen atoms in total. The number of aliphatic hydroxyl groups excluding tert-OH is 1. The van der Waals surface area contributed by atoms with Gasteiger partial charge in [-0.1, -0.05) is 26.8 Å². The van der Waals surface area contributed by atoms with Crippen LogP contribution in [0.1, 0.15) is 32.4 Å². The first kappa shape index (κ1) is 15.1. The van der Waals surface area contributed by atoms with Gasteiger partial charge in [0.25, 0.3) is 5.69 Å². The van der Waals surface area contributed by atoms with E-state index in [1.54, 1.807) is 12.1 Å². The molecule has 0 saturated heterocycles. The van der Waals surface area contributed by atoms with Gasteiger partial charge in [0.05, 0.1) is 21.5 Å². The Morgan fingerprint density at radius 1 is 1.44 bits per heavy atom. The van der Waals surface area contributed by atoms with Gasteiger partial charge in [-0.15, -0.1) is 0 Å². The molecule has 1 aromatic carbocycles. The van der Waals surface area contributed by atoms with Crippen LogP contribution in [0.15, 0.2) is 22.7 Å². The van der Waals surface area contributed by atoms with E-state index in [9.17, 15) is 15.2 Å². The number of rotatable bonds is 3. The second-order valence-corrected chi connectivity index (χ2v) is 6.16. The monoisotopic (exact) mass is 316 g/mol. The number of halogens is 1. The van der Waals surface area contributed by atoms with Crippen LogP contribution in [0.25, 0.3) is 0 Å². The molecule has 0 heterocycles. The number of hydrogen-bond donors (Lipinski definition) is 2. The fourth-order valence-electron chi connectivity index (χ4n) is 1.60. The number of nitrogens with zero attached hydrogens (tertiary/aromatic N) is 1. The van der Waals surface area contributed by atoms with Crippen molar-refractivity contribution in [1.29, 1.82) is 0 Å². The van der Waals surface area contributed by atoms with E-state index in [-0.39, 0.29) is 11.1 Å². The number of nitro groups is 1. The van der Waals surface area contributed by atoms with Crippen LogP contribution in [-0.2, 0) is 0 Å². The van der Waals surface area contributed by atoms with Gasteiger partial charge in [-0.3, -0.25) is 10.1 Å². The molecule has 2 atom stereocenters. The highest BCUT2D eigenvalue weighted by Gasteiger charge is 2.30. The van der Waals surface area contributed by atoms with Gasteiger partial charge in [-0.2, -0.15) is 0 Å². The normalized spacial score (nSPS) is 15.2. The number of nitro benzene ring substituents is 1. The molecule has 0 fully saturated rings. The van der Waals surface area contributed by atoms with Crippen molar-refractivity contribution < 1.29 is 10.0 Å². The molecule has 0 unspecified atom stereocenters. The Balaban J connectivity index is 3.11. The second kappa shape index (κ2) is 5.34. The maximum atomic E-state index is 10.8. The van der Waals surface area contributed by atoms with Gasteiger partial charge in [0, 0.05) is 6.07 Å². The third-order valence-electron chi connectivity index (χ3n) is 2.78. The predicted molar refractivity (Wildman–Crippen MR) is 73.2 cm³/mol. The fourth-order valence-corrected chi connectivity index (χ4v) is 1.99. The Hall–Kier alpha value is -0.980. The molecule has 0 saturated carbocycles. The molecule has 0 aliphatic heterocycles. The van der Waals surface area contributed by atoms with Crippen LogP contribution in [0.2, 0.25) is 0 Å². The predicted octanol–water partition coefficient (Wildman–Crippen LogP) is 2.76. The average molecular weight is 317 g/mol. The van der Waals surface area contributed by atoms with E-state index in [0.717, 1.165) is 0 Å². The minimum absolute atomic E-state index is 0.0518. The highest BCUT2D eigenvalue weighted by atomic mass is 79.9. The lowest BCUT2D eigenvalue weighted by Gasteiger charge is -2.30. The van der Waals surface area contributed by atoms with Gasteiger partial charge in [0.1, 0.15) is 0 Å². The number of benzene rings is 1. The summed E-state index contributed by atoms with van der Waals surface area (Å²) >= 11 is 3.11. The van der Waals surface area contributed by atoms with Crippen LogP contribution in [0.4, 0.5) is 5.69 Å². The van der Waals surface area contributed by atoms with Crippen LogP contribution in [0.5, 0.6) is 0 Å². The minimum Gasteiger partial charge on any atom is -0.391 e. The van der Waals surface area contributed by atoms with E-state index in [1.807, 2.05) is 20.8 Å². The molecule has 100 valence electrons. The summed E-state index contributed by atoms with van der Waals surface area (Å²) < 4.78 is 0.397. The van der Waals surface area contributed by atoms with Crippen molar-refractivity contribution in [2.24, 2.45) is 11.1 Å². The molecule has 18 heavy (non-hydrogen) atoms. The zero-order chi connectivity index (χ0) is 14.1. The van der Waals surface area contributed by atoms with E-state index < -0.39 is 17.1 Å². The number of nitrogens with two attached hydrogens (primary N) is 1. The molecule has 0 spiro atoms. The smallest absolute Gasteiger partial charge is 0.283 e. The summed E-state index contributed by atoms with van der Waals surface area (Å²) in [5, 5.41) is 20.9. The van der Waals surface area contributed by atoms with E-state index in [2.05, 4.69) is 15.9 Å². The molecule has 1 rings (SSSR count). The number of hydrogen-bond acceptors (Lipinski definition) is 4. The van der Waals surface area contributed by atoms with Crippen molar-refractivity contribution in [3.63, 3.8) is 0 Å². The summed E-state index contributed by atoms with van der Waals surface area (Å²) in [4.78, 5) is 10.4. The topological polar surface area (TPSA) is 89.4 Å². The SMILES string of the molecule is CC(C)(C)[C@@H](O)[C@@H](N)c1ccc(Br)c([N+](=O)[O-])c1. The Labute approximate surface area is 114 Å². The quantitative estimate of drug-likeness (QED) is 0.662. The van der Waals surface area contributed by atoms with Crippen molar-refractivity contribution in [1.82, 2.24) is 0 Å². The van der Waals surface area contributed by atoms with E-state index in [1.165, 1.54) is 6.07 Å². The van der Waals surface area contributed by atoms with Gasteiger partial charge in [-0.25, -0.2) is 0 Å². The zero-order valence-corrected chi connectivity index (χ0v) is 12.1. The second-order valence-electron chi connectivity index (χ2n) is 5.30. The largest absolute Gasteiger partial charge is 0.391 e. The lowest BCUT2D eigenvalue weighted by Crippen LogP contribution is -2.36. The van der Waals surface area contributed by atoms with Gasteiger partial charge in [0.15, 0.2) is 0 Å². The van der Waals surface area contributed by atoms with E-state index >= 15 is 0 Å². The maximum Gasteiger partial charge on any atom is 0.283 e. The van der Waals surface area contributed by atoms with Crippen molar-refractivity contribution in [3.8, 4) is 0 Å². The summed E-state index contributed by atoms with van der Waals surface area (Å²) in [5.74, 6) is 0. The standard InChI is InChI=1S/C12H17BrN2O3/c1-12(2,3)11(16)10(14)7-4-5-8(13)9(6-7)15(17)18/h4-6,10-11,16H,14H2,1-3H3/t10-,11-/m0/s1. The van der Waals surface area contributed by atoms with Gasteiger partial charge in [0.2, 0.25) is 0 Å². The summed E-state index contributed by atoms with van der Waals surface area (Å²) in [6.45, 7) is 5.60. The molecule has 3 N–H and O–H groups in total. The Morgan fingerprint density at radius 2 is 2.00 bits per heavy atom. The molecule has 0 radical (unpaired) electrons. The van der Waals surface area contributed by atoms with Crippen LogP contribution in [-0.4, -0.2) is 16.1 Å². The van der Waals surface area contributed by atoms with E-state index in [4.69, 9.17) is 5.73 Å². The minimum atomic E-state index is -0.779. The van der Waals surface area contributed by atoms with Crippen LogP contribution >= 0.6 is 15.9 Å². The van der Waals surface area contributed by atoms with E-state index in [0.29, 0.717) is 10.0 Å². The number of aliphatic hydroxyl groups is 1. The summed E-state index contributed by atoms with van der Waals surface area (Å²) in [5.41, 5.74) is 6.06. The maximum absolute atomic E-state index is 10.8. The first-order chi connectivity index (χ1) is 8.14. The first-order valence-electron chi connectivity index (χ1n) is 5.52. The van der Waals surface area contributed by atoms with Gasteiger partial charge in [-0.05, 0) is 33.0 Å². The Kier molecular flexibility index (Phi) is 4.47. The lowest BCUT2D eigenvalue weighted by molar-refractivity contribution is -0.385. The highest BCUT2D eigenvalue weighted by molar-refractivity contribution is 9.10. The van der Waals surface area contributed by atoms with Crippen molar-refractivity contribution in [2.75, 3.05) is 0 Å². The average Bonchev–Trinajstić information content (AvgIpc) is 2.26. The van der Waals surface area contributed by atoms with Gasteiger partial charge < -0.3 is 10.8 Å². The molecular formula is C12H17BrN2O3. The molecule has 6 heteroatoms. The third-order valence-corrected chi connectivity index (χ3v) is 3.45. The third kappa shape index (κ3) is 3.28. The molecule has 0 bridgehead atoms. The van der Waals surface area contributed by atoms with Gasteiger partial charge >= 0.3 is 0 Å². The van der Waals surface area contributed by atoms with Crippen LogP contribution < -0.4 is 5.73 Å². The Bertz CT molecular complexity index is 457. The van der Waals surface area contributed by atoms with Crippen molar-refractivity contribution in [2.45, 2.75) is 32.9 Å². The molecule has 0 aromatic heterocycles. The van der Waals surface area contributed by atoms with Crippen LogP contribution in [0, 0.1) is 15.5 Å². The molecule has 0 amide bonds. The Morgan fingerprint density at radius 3 is 2.44 bits per heavy atom. The van der Waals surface area contributed by atoms with Crippen molar-refractivity contribution >= 4 is 21.6 Å².